The first-order chi connectivity index (χ1) is 9.21. The summed E-state index contributed by atoms with van der Waals surface area (Å²) in [7, 11) is -2.14. The van der Waals surface area contributed by atoms with Crippen molar-refractivity contribution in [1.29, 1.82) is 0 Å². The SMILES string of the molecule is COCCN(C(C)C)S(=O)(=O)c1c(C)cc(F)cc1C. The molecule has 0 N–H and O–H groups in total. The molecule has 0 bridgehead atoms. The van der Waals surface area contributed by atoms with E-state index < -0.39 is 15.8 Å². The molecule has 0 saturated carbocycles. The highest BCUT2D eigenvalue weighted by Gasteiger charge is 2.29. The van der Waals surface area contributed by atoms with E-state index in [1.54, 1.807) is 27.7 Å². The van der Waals surface area contributed by atoms with Gasteiger partial charge in [0, 0.05) is 19.7 Å². The largest absolute Gasteiger partial charge is 0.383 e. The third-order valence-electron chi connectivity index (χ3n) is 3.08. The quantitative estimate of drug-likeness (QED) is 0.811. The molecule has 0 radical (unpaired) electrons. The minimum atomic E-state index is -3.66. The molecule has 0 atom stereocenters. The van der Waals surface area contributed by atoms with Crippen LogP contribution < -0.4 is 0 Å². The van der Waals surface area contributed by atoms with Crippen LogP contribution in [0.1, 0.15) is 25.0 Å². The lowest BCUT2D eigenvalue weighted by molar-refractivity contribution is 0.171. The average Bonchev–Trinajstić information content (AvgIpc) is 2.26. The second-order valence-electron chi connectivity index (χ2n) is 5.07. The average molecular weight is 303 g/mol. The first-order valence-corrected chi connectivity index (χ1v) is 7.93. The lowest BCUT2D eigenvalue weighted by Gasteiger charge is -2.27. The van der Waals surface area contributed by atoms with Gasteiger partial charge >= 0.3 is 0 Å². The molecule has 1 rings (SSSR count). The van der Waals surface area contributed by atoms with Crippen molar-refractivity contribution in [1.82, 2.24) is 4.31 Å². The molecule has 1 aromatic carbocycles. The van der Waals surface area contributed by atoms with Crippen LogP contribution >= 0.6 is 0 Å². The number of hydrogen-bond donors (Lipinski definition) is 0. The molecule has 4 nitrogen and oxygen atoms in total. The van der Waals surface area contributed by atoms with E-state index in [-0.39, 0.29) is 17.5 Å². The number of sulfonamides is 1. The monoisotopic (exact) mass is 303 g/mol. The van der Waals surface area contributed by atoms with Crippen LogP contribution in [-0.4, -0.2) is 39.0 Å². The number of rotatable bonds is 6. The highest BCUT2D eigenvalue weighted by atomic mass is 32.2. The summed E-state index contributed by atoms with van der Waals surface area (Å²) in [5.41, 5.74) is 0.844. The first kappa shape index (κ1) is 17.1. The van der Waals surface area contributed by atoms with Gasteiger partial charge in [-0.2, -0.15) is 4.31 Å². The summed E-state index contributed by atoms with van der Waals surface area (Å²) < 4.78 is 45.2. The molecule has 0 heterocycles. The Balaban J connectivity index is 3.34. The van der Waals surface area contributed by atoms with Crippen molar-refractivity contribution < 1.29 is 17.5 Å². The van der Waals surface area contributed by atoms with Crippen molar-refractivity contribution in [3.63, 3.8) is 0 Å². The predicted molar refractivity (Wildman–Crippen MR) is 76.8 cm³/mol. The van der Waals surface area contributed by atoms with Gasteiger partial charge in [0.25, 0.3) is 0 Å². The van der Waals surface area contributed by atoms with E-state index in [9.17, 15) is 12.8 Å². The van der Waals surface area contributed by atoms with Crippen molar-refractivity contribution in [2.75, 3.05) is 20.3 Å². The highest BCUT2D eigenvalue weighted by molar-refractivity contribution is 7.89. The number of nitrogens with zero attached hydrogens (tertiary/aromatic N) is 1. The van der Waals surface area contributed by atoms with Gasteiger partial charge in [0.2, 0.25) is 10.0 Å². The van der Waals surface area contributed by atoms with Crippen molar-refractivity contribution in [2.24, 2.45) is 0 Å². The van der Waals surface area contributed by atoms with E-state index in [1.165, 1.54) is 23.5 Å². The lowest BCUT2D eigenvalue weighted by atomic mass is 10.1. The number of halogens is 1. The maximum absolute atomic E-state index is 13.3. The van der Waals surface area contributed by atoms with Gasteiger partial charge in [-0.15, -0.1) is 0 Å². The topological polar surface area (TPSA) is 46.6 Å². The van der Waals surface area contributed by atoms with Crippen LogP contribution in [0, 0.1) is 19.7 Å². The zero-order valence-corrected chi connectivity index (χ0v) is 13.4. The maximum atomic E-state index is 13.3. The molecular formula is C14H22FNO3S. The van der Waals surface area contributed by atoms with Gasteiger partial charge in [0.15, 0.2) is 0 Å². The Bertz CT molecular complexity index is 547. The van der Waals surface area contributed by atoms with Crippen molar-refractivity contribution >= 4 is 10.0 Å². The van der Waals surface area contributed by atoms with E-state index in [0.29, 0.717) is 17.7 Å². The second kappa shape index (κ2) is 6.65. The van der Waals surface area contributed by atoms with Gasteiger partial charge in [0.1, 0.15) is 5.82 Å². The van der Waals surface area contributed by atoms with E-state index >= 15 is 0 Å². The Morgan fingerprint density at radius 2 is 1.75 bits per heavy atom. The second-order valence-corrected chi connectivity index (χ2v) is 6.90. The van der Waals surface area contributed by atoms with Gasteiger partial charge in [0.05, 0.1) is 11.5 Å². The molecule has 0 fully saturated rings. The Hall–Kier alpha value is -0.980. The molecule has 0 spiro atoms. The third-order valence-corrected chi connectivity index (χ3v) is 5.47. The minimum Gasteiger partial charge on any atom is -0.383 e. The fourth-order valence-electron chi connectivity index (χ4n) is 2.26. The van der Waals surface area contributed by atoms with Gasteiger partial charge in [-0.3, -0.25) is 0 Å². The molecular weight excluding hydrogens is 281 g/mol. The zero-order chi connectivity index (χ0) is 15.5. The van der Waals surface area contributed by atoms with Crippen LogP contribution in [0.15, 0.2) is 17.0 Å². The Kier molecular flexibility index (Phi) is 5.68. The number of ether oxygens (including phenoxy) is 1. The minimum absolute atomic E-state index is 0.184. The molecule has 0 amide bonds. The van der Waals surface area contributed by atoms with E-state index in [2.05, 4.69) is 0 Å². The molecule has 0 unspecified atom stereocenters. The highest BCUT2D eigenvalue weighted by Crippen LogP contribution is 2.26. The summed E-state index contributed by atoms with van der Waals surface area (Å²) in [5, 5.41) is 0. The summed E-state index contributed by atoms with van der Waals surface area (Å²) in [4.78, 5) is 0.184. The fourth-order valence-corrected chi connectivity index (χ4v) is 4.29. The van der Waals surface area contributed by atoms with E-state index in [1.807, 2.05) is 0 Å². The third kappa shape index (κ3) is 3.56. The fraction of sp³-hybridized carbons (Fsp3) is 0.571. The Morgan fingerprint density at radius 1 is 1.25 bits per heavy atom. The standard InChI is InChI=1S/C14H22FNO3S/c1-10(2)16(6-7-19-5)20(17,18)14-11(3)8-13(15)9-12(14)4/h8-10H,6-7H2,1-5H3. The van der Waals surface area contributed by atoms with Crippen LogP contribution in [-0.2, 0) is 14.8 Å². The molecule has 0 saturated heterocycles. The van der Waals surface area contributed by atoms with Crippen LogP contribution in [0.3, 0.4) is 0 Å². The van der Waals surface area contributed by atoms with Crippen molar-refractivity contribution in [2.45, 2.75) is 38.6 Å². The summed E-state index contributed by atoms with van der Waals surface area (Å²) >= 11 is 0. The lowest BCUT2D eigenvalue weighted by Crippen LogP contribution is -2.39. The molecule has 1 aromatic rings. The zero-order valence-electron chi connectivity index (χ0n) is 12.6. The van der Waals surface area contributed by atoms with E-state index in [0.717, 1.165) is 0 Å². The number of benzene rings is 1. The molecule has 0 aliphatic carbocycles. The Labute approximate surface area is 120 Å². The molecule has 0 aliphatic rings. The van der Waals surface area contributed by atoms with Crippen LogP contribution in [0.4, 0.5) is 4.39 Å². The maximum Gasteiger partial charge on any atom is 0.243 e. The number of hydrogen-bond acceptors (Lipinski definition) is 3. The van der Waals surface area contributed by atoms with Crippen LogP contribution in [0.5, 0.6) is 0 Å². The molecule has 0 aliphatic heterocycles. The van der Waals surface area contributed by atoms with E-state index in [4.69, 9.17) is 4.74 Å². The Morgan fingerprint density at radius 3 is 2.15 bits per heavy atom. The first-order valence-electron chi connectivity index (χ1n) is 6.49. The molecule has 114 valence electrons. The number of methoxy groups -OCH3 is 1. The summed E-state index contributed by atoms with van der Waals surface area (Å²) in [6, 6.07) is 2.29. The molecule has 20 heavy (non-hydrogen) atoms. The van der Waals surface area contributed by atoms with Gasteiger partial charge in [-0.1, -0.05) is 0 Å². The molecule has 6 heteroatoms. The van der Waals surface area contributed by atoms with Gasteiger partial charge < -0.3 is 4.74 Å². The van der Waals surface area contributed by atoms with Crippen LogP contribution in [0.25, 0.3) is 0 Å². The summed E-state index contributed by atoms with van der Waals surface area (Å²) in [6.45, 7) is 7.42. The normalized spacial score (nSPS) is 12.4. The van der Waals surface area contributed by atoms with Crippen molar-refractivity contribution in [3.8, 4) is 0 Å². The van der Waals surface area contributed by atoms with Gasteiger partial charge in [-0.25, -0.2) is 12.8 Å². The smallest absolute Gasteiger partial charge is 0.243 e. The van der Waals surface area contributed by atoms with Gasteiger partial charge in [-0.05, 0) is 51.0 Å². The van der Waals surface area contributed by atoms with Crippen molar-refractivity contribution in [3.05, 3.63) is 29.1 Å². The number of aryl methyl sites for hydroxylation is 2. The summed E-state index contributed by atoms with van der Waals surface area (Å²) in [6.07, 6.45) is 0. The molecule has 0 aromatic heterocycles. The predicted octanol–water partition coefficient (Wildman–Crippen LogP) is 2.49. The van der Waals surface area contributed by atoms with Crippen LogP contribution in [0.2, 0.25) is 0 Å². The summed E-state index contributed by atoms with van der Waals surface area (Å²) in [5.74, 6) is -0.424.